The molecule has 1 aromatic heterocycles. The van der Waals surface area contributed by atoms with Gasteiger partial charge in [-0.1, -0.05) is 11.6 Å². The van der Waals surface area contributed by atoms with Gasteiger partial charge in [0, 0.05) is 14.9 Å². The van der Waals surface area contributed by atoms with E-state index in [1.165, 1.54) is 0 Å². The lowest BCUT2D eigenvalue weighted by Gasteiger charge is -2.15. The molecule has 0 bridgehead atoms. The lowest BCUT2D eigenvalue weighted by atomic mass is 10.2. The molecule has 1 unspecified atom stereocenters. The Kier molecular flexibility index (Phi) is 4.30. The first kappa shape index (κ1) is 13.8. The van der Waals surface area contributed by atoms with Crippen LogP contribution in [0.4, 0.5) is 5.69 Å². The fraction of sp³-hybridized carbons (Fsp3) is 0.308. The molecule has 2 rings (SSSR count). The quantitative estimate of drug-likeness (QED) is 0.811. The normalized spacial score (nSPS) is 12.5. The molecule has 1 N–H and O–H groups in total. The predicted octanol–water partition coefficient (Wildman–Crippen LogP) is 5.35. The van der Waals surface area contributed by atoms with Crippen molar-refractivity contribution in [3.63, 3.8) is 0 Å². The Morgan fingerprint density at radius 3 is 2.72 bits per heavy atom. The van der Waals surface area contributed by atoms with Gasteiger partial charge in [0.05, 0.1) is 22.4 Å². The minimum Gasteiger partial charge on any atom is -0.376 e. The van der Waals surface area contributed by atoms with E-state index in [1.807, 2.05) is 26.0 Å². The molecule has 0 fully saturated rings. The summed E-state index contributed by atoms with van der Waals surface area (Å²) in [4.78, 5) is 4.48. The molecule has 5 heteroatoms. The van der Waals surface area contributed by atoms with Crippen LogP contribution in [0.5, 0.6) is 0 Å². The van der Waals surface area contributed by atoms with Crippen LogP contribution in [0.3, 0.4) is 0 Å². The highest BCUT2D eigenvalue weighted by Gasteiger charge is 2.11. The van der Waals surface area contributed by atoms with Gasteiger partial charge in [-0.05, 0) is 54.4 Å². The Morgan fingerprint density at radius 1 is 1.39 bits per heavy atom. The Labute approximate surface area is 125 Å². The van der Waals surface area contributed by atoms with E-state index in [1.54, 1.807) is 11.3 Å². The van der Waals surface area contributed by atoms with Crippen molar-refractivity contribution in [3.8, 4) is 0 Å². The Hall–Kier alpha value is -0.580. The topological polar surface area (TPSA) is 24.9 Å². The molecule has 0 radical (unpaired) electrons. The van der Waals surface area contributed by atoms with E-state index >= 15 is 0 Å². The molecule has 1 aromatic carbocycles. The van der Waals surface area contributed by atoms with Crippen molar-refractivity contribution in [1.29, 1.82) is 0 Å². The third-order valence-corrected chi connectivity index (χ3v) is 4.56. The standard InChI is InChI=1S/C13H14BrClN2S/c1-7-4-10(14)12(5-11(7)15)16-8(2)13-6-18-9(3)17-13/h4-6,8,16H,1-3H3. The van der Waals surface area contributed by atoms with Crippen molar-refractivity contribution < 1.29 is 0 Å². The third-order valence-electron chi connectivity index (χ3n) is 2.70. The SMILES string of the molecule is Cc1nc(C(C)Nc2cc(Cl)c(C)cc2Br)cs1. The number of aryl methyl sites for hydroxylation is 2. The number of anilines is 1. The van der Waals surface area contributed by atoms with Crippen LogP contribution in [0.15, 0.2) is 22.0 Å². The molecule has 0 spiro atoms. The van der Waals surface area contributed by atoms with Gasteiger partial charge in [-0.2, -0.15) is 0 Å². The molecule has 0 aliphatic heterocycles. The average Bonchev–Trinajstić information content (AvgIpc) is 2.73. The van der Waals surface area contributed by atoms with Crippen molar-refractivity contribution in [1.82, 2.24) is 4.98 Å². The van der Waals surface area contributed by atoms with Crippen molar-refractivity contribution in [2.45, 2.75) is 26.8 Å². The zero-order valence-electron chi connectivity index (χ0n) is 10.4. The van der Waals surface area contributed by atoms with Gasteiger partial charge in [0.1, 0.15) is 0 Å². The molecular formula is C13H14BrClN2S. The van der Waals surface area contributed by atoms with Gasteiger partial charge < -0.3 is 5.32 Å². The first-order valence-electron chi connectivity index (χ1n) is 5.61. The number of nitrogens with zero attached hydrogens (tertiary/aromatic N) is 1. The third kappa shape index (κ3) is 3.05. The van der Waals surface area contributed by atoms with Crippen LogP contribution in [0.1, 0.15) is 29.2 Å². The first-order chi connectivity index (χ1) is 8.47. The highest BCUT2D eigenvalue weighted by Crippen LogP contribution is 2.31. The van der Waals surface area contributed by atoms with Crippen molar-refractivity contribution in [2.75, 3.05) is 5.32 Å². The van der Waals surface area contributed by atoms with E-state index < -0.39 is 0 Å². The van der Waals surface area contributed by atoms with Crippen LogP contribution in [-0.2, 0) is 0 Å². The fourth-order valence-electron chi connectivity index (χ4n) is 1.64. The number of aromatic nitrogens is 1. The molecule has 18 heavy (non-hydrogen) atoms. The van der Waals surface area contributed by atoms with Crippen molar-refractivity contribution in [2.24, 2.45) is 0 Å². The number of hydrogen-bond acceptors (Lipinski definition) is 3. The molecule has 2 nitrogen and oxygen atoms in total. The summed E-state index contributed by atoms with van der Waals surface area (Å²) >= 11 is 11.4. The van der Waals surface area contributed by atoms with Crippen molar-refractivity contribution in [3.05, 3.63) is 43.3 Å². The summed E-state index contributed by atoms with van der Waals surface area (Å²) in [7, 11) is 0. The van der Waals surface area contributed by atoms with Crippen LogP contribution in [0.2, 0.25) is 5.02 Å². The van der Waals surface area contributed by atoms with E-state index in [2.05, 4.69) is 38.5 Å². The van der Waals surface area contributed by atoms with Crippen LogP contribution < -0.4 is 5.32 Å². The van der Waals surface area contributed by atoms with Gasteiger partial charge in [-0.25, -0.2) is 4.98 Å². The zero-order valence-corrected chi connectivity index (χ0v) is 13.6. The van der Waals surface area contributed by atoms with Gasteiger partial charge >= 0.3 is 0 Å². The maximum atomic E-state index is 6.14. The molecule has 2 aromatic rings. The van der Waals surface area contributed by atoms with Crippen molar-refractivity contribution >= 4 is 44.6 Å². The lowest BCUT2D eigenvalue weighted by Crippen LogP contribution is -2.07. The molecule has 1 atom stereocenters. The zero-order chi connectivity index (χ0) is 13.3. The minimum atomic E-state index is 0.157. The monoisotopic (exact) mass is 344 g/mol. The molecule has 0 saturated carbocycles. The average molecular weight is 346 g/mol. The maximum Gasteiger partial charge on any atom is 0.0898 e. The second-order valence-electron chi connectivity index (χ2n) is 4.24. The van der Waals surface area contributed by atoms with E-state index in [9.17, 15) is 0 Å². The van der Waals surface area contributed by atoms with E-state index in [0.717, 1.165) is 31.4 Å². The molecular weight excluding hydrogens is 332 g/mol. The number of halogens is 2. The van der Waals surface area contributed by atoms with Crippen LogP contribution in [-0.4, -0.2) is 4.98 Å². The highest BCUT2D eigenvalue weighted by molar-refractivity contribution is 9.10. The summed E-state index contributed by atoms with van der Waals surface area (Å²) in [6, 6.07) is 4.12. The van der Waals surface area contributed by atoms with Crippen LogP contribution in [0.25, 0.3) is 0 Å². The largest absolute Gasteiger partial charge is 0.376 e. The second-order valence-corrected chi connectivity index (χ2v) is 6.56. The molecule has 0 aliphatic carbocycles. The predicted molar refractivity (Wildman–Crippen MR) is 82.8 cm³/mol. The first-order valence-corrected chi connectivity index (χ1v) is 7.66. The van der Waals surface area contributed by atoms with Gasteiger partial charge in [-0.15, -0.1) is 11.3 Å². The number of hydrogen-bond donors (Lipinski definition) is 1. The summed E-state index contributed by atoms with van der Waals surface area (Å²) in [5.41, 5.74) is 3.11. The Bertz CT molecular complexity index is 568. The van der Waals surface area contributed by atoms with Gasteiger partial charge in [-0.3, -0.25) is 0 Å². The number of benzene rings is 1. The number of rotatable bonds is 3. The molecule has 0 saturated heterocycles. The molecule has 96 valence electrons. The smallest absolute Gasteiger partial charge is 0.0898 e. The summed E-state index contributed by atoms with van der Waals surface area (Å²) in [5, 5.41) is 7.35. The van der Waals surface area contributed by atoms with Gasteiger partial charge in [0.25, 0.3) is 0 Å². The minimum absolute atomic E-state index is 0.157. The van der Waals surface area contributed by atoms with Gasteiger partial charge in [0.15, 0.2) is 0 Å². The maximum absolute atomic E-state index is 6.14. The summed E-state index contributed by atoms with van der Waals surface area (Å²) < 4.78 is 1.02. The van der Waals surface area contributed by atoms with Crippen LogP contribution in [0, 0.1) is 13.8 Å². The highest BCUT2D eigenvalue weighted by atomic mass is 79.9. The number of thiazole rings is 1. The van der Waals surface area contributed by atoms with E-state index in [4.69, 9.17) is 11.6 Å². The van der Waals surface area contributed by atoms with Gasteiger partial charge in [0.2, 0.25) is 0 Å². The van der Waals surface area contributed by atoms with E-state index in [0.29, 0.717) is 0 Å². The molecule has 1 heterocycles. The van der Waals surface area contributed by atoms with E-state index in [-0.39, 0.29) is 6.04 Å². The Balaban J connectivity index is 2.21. The summed E-state index contributed by atoms with van der Waals surface area (Å²) in [5.74, 6) is 0. The Morgan fingerprint density at radius 2 is 2.11 bits per heavy atom. The molecule has 0 amide bonds. The summed E-state index contributed by atoms with van der Waals surface area (Å²) in [6.45, 7) is 6.10. The lowest BCUT2D eigenvalue weighted by molar-refractivity contribution is 0.844. The fourth-order valence-corrected chi connectivity index (χ4v) is 3.09. The second kappa shape index (κ2) is 5.59. The molecule has 0 aliphatic rings. The summed E-state index contributed by atoms with van der Waals surface area (Å²) in [6.07, 6.45) is 0. The number of nitrogens with one attached hydrogen (secondary N) is 1. The van der Waals surface area contributed by atoms with Crippen LogP contribution >= 0.6 is 38.9 Å².